The van der Waals surface area contributed by atoms with Gasteiger partial charge in [0, 0.05) is 5.57 Å². The summed E-state index contributed by atoms with van der Waals surface area (Å²) in [5.74, 6) is 0.380. The highest BCUT2D eigenvalue weighted by Gasteiger charge is 2.43. The Bertz CT molecular complexity index is 290. The van der Waals surface area contributed by atoms with Crippen molar-refractivity contribution >= 4 is 5.97 Å². The zero-order valence-corrected chi connectivity index (χ0v) is 7.88. The number of carbonyl (C=O) groups is 1. The number of carbonyl (C=O) groups excluding carboxylic acids is 1. The molecule has 0 amide bonds. The highest BCUT2D eigenvalue weighted by molar-refractivity contribution is 5.87. The molecule has 2 unspecified atom stereocenters. The zero-order valence-electron chi connectivity index (χ0n) is 7.88. The van der Waals surface area contributed by atoms with Gasteiger partial charge in [-0.1, -0.05) is 12.7 Å². The van der Waals surface area contributed by atoms with Crippen LogP contribution in [0.15, 0.2) is 24.3 Å². The Balaban J connectivity index is 2.06. The lowest BCUT2D eigenvalue weighted by atomic mass is 10.0. The molecule has 2 heteroatoms. The van der Waals surface area contributed by atoms with Crippen molar-refractivity contribution in [2.75, 3.05) is 0 Å². The van der Waals surface area contributed by atoms with Gasteiger partial charge in [0.2, 0.25) is 0 Å². The predicted molar refractivity (Wildman–Crippen MR) is 50.1 cm³/mol. The Kier molecular flexibility index (Phi) is 1.79. The fourth-order valence-corrected chi connectivity index (χ4v) is 2.10. The number of fused-ring (bicyclic) bond motifs is 2. The maximum Gasteiger partial charge on any atom is 0.333 e. The Labute approximate surface area is 78.3 Å². The molecule has 0 aliphatic heterocycles. The van der Waals surface area contributed by atoms with Crippen molar-refractivity contribution in [2.24, 2.45) is 5.92 Å². The second-order valence-corrected chi connectivity index (χ2v) is 4.10. The summed E-state index contributed by atoms with van der Waals surface area (Å²) in [6.45, 7) is 5.26. The summed E-state index contributed by atoms with van der Waals surface area (Å²) in [5.41, 5.74) is 0.207. The lowest BCUT2D eigenvalue weighted by Crippen LogP contribution is -2.28. The SMILES string of the molecule is C=C(C)C(=O)OC12C=CC(CC1)C2. The molecule has 0 saturated heterocycles. The van der Waals surface area contributed by atoms with Crippen LogP contribution in [0.1, 0.15) is 26.2 Å². The molecule has 0 spiro atoms. The molecule has 1 saturated carbocycles. The summed E-state index contributed by atoms with van der Waals surface area (Å²) in [5, 5.41) is 0. The second kappa shape index (κ2) is 2.72. The van der Waals surface area contributed by atoms with Crippen LogP contribution in [0.25, 0.3) is 0 Å². The van der Waals surface area contributed by atoms with Gasteiger partial charge in [0.25, 0.3) is 0 Å². The standard InChI is InChI=1S/C11H14O2/c1-8(2)10(12)13-11-5-3-9(7-11)4-6-11/h3,5,9H,1,4,6-7H2,2H3. The van der Waals surface area contributed by atoms with E-state index in [0.29, 0.717) is 11.5 Å². The van der Waals surface area contributed by atoms with Gasteiger partial charge in [-0.05, 0) is 38.2 Å². The topological polar surface area (TPSA) is 26.3 Å². The fourth-order valence-electron chi connectivity index (χ4n) is 2.10. The first-order valence-corrected chi connectivity index (χ1v) is 4.69. The van der Waals surface area contributed by atoms with Gasteiger partial charge in [-0.2, -0.15) is 0 Å². The Morgan fingerprint density at radius 2 is 2.46 bits per heavy atom. The van der Waals surface area contributed by atoms with Crippen LogP contribution in [0.5, 0.6) is 0 Å². The zero-order chi connectivity index (χ0) is 9.47. The molecule has 2 nitrogen and oxygen atoms in total. The number of rotatable bonds is 2. The molecule has 2 rings (SSSR count). The molecule has 70 valence electrons. The minimum Gasteiger partial charge on any atom is -0.451 e. The van der Waals surface area contributed by atoms with Crippen molar-refractivity contribution in [3.8, 4) is 0 Å². The number of hydrogen-bond acceptors (Lipinski definition) is 2. The third kappa shape index (κ3) is 1.41. The first kappa shape index (κ1) is 8.54. The molecule has 2 atom stereocenters. The van der Waals surface area contributed by atoms with E-state index in [0.717, 1.165) is 19.3 Å². The molecule has 2 aliphatic carbocycles. The average Bonchev–Trinajstić information content (AvgIpc) is 2.62. The van der Waals surface area contributed by atoms with E-state index in [4.69, 9.17) is 4.74 Å². The number of hydrogen-bond donors (Lipinski definition) is 0. The molecule has 0 aromatic rings. The van der Waals surface area contributed by atoms with Crippen molar-refractivity contribution in [2.45, 2.75) is 31.8 Å². The van der Waals surface area contributed by atoms with Gasteiger partial charge in [0.05, 0.1) is 0 Å². The minimum atomic E-state index is -0.277. The van der Waals surface area contributed by atoms with E-state index in [1.54, 1.807) is 6.92 Å². The molecule has 13 heavy (non-hydrogen) atoms. The molecular formula is C11H14O2. The van der Waals surface area contributed by atoms with Gasteiger partial charge in [-0.15, -0.1) is 0 Å². The van der Waals surface area contributed by atoms with Gasteiger partial charge < -0.3 is 4.74 Å². The Hall–Kier alpha value is -1.05. The van der Waals surface area contributed by atoms with E-state index >= 15 is 0 Å². The van der Waals surface area contributed by atoms with E-state index in [2.05, 4.69) is 12.7 Å². The van der Waals surface area contributed by atoms with Gasteiger partial charge in [0.15, 0.2) is 0 Å². The van der Waals surface area contributed by atoms with Gasteiger partial charge in [-0.3, -0.25) is 0 Å². The molecule has 0 radical (unpaired) electrons. The Morgan fingerprint density at radius 1 is 1.69 bits per heavy atom. The highest BCUT2D eigenvalue weighted by atomic mass is 16.6. The van der Waals surface area contributed by atoms with E-state index in [1.165, 1.54) is 0 Å². The minimum absolute atomic E-state index is 0.257. The summed E-state index contributed by atoms with van der Waals surface area (Å²) < 4.78 is 5.43. The first-order chi connectivity index (χ1) is 6.11. The summed E-state index contributed by atoms with van der Waals surface area (Å²) in [6.07, 6.45) is 7.32. The predicted octanol–water partition coefficient (Wildman–Crippen LogP) is 2.21. The normalized spacial score (nSPS) is 35.0. The molecule has 0 aromatic carbocycles. The molecule has 2 bridgehead atoms. The Morgan fingerprint density at radius 3 is 2.85 bits per heavy atom. The molecule has 0 aromatic heterocycles. The summed E-state index contributed by atoms with van der Waals surface area (Å²) in [7, 11) is 0. The van der Waals surface area contributed by atoms with Gasteiger partial charge >= 0.3 is 5.97 Å². The van der Waals surface area contributed by atoms with E-state index < -0.39 is 0 Å². The molecule has 1 fully saturated rings. The number of ether oxygens (including phenoxy) is 1. The van der Waals surface area contributed by atoms with Crippen LogP contribution < -0.4 is 0 Å². The smallest absolute Gasteiger partial charge is 0.333 e. The van der Waals surface area contributed by atoms with Gasteiger partial charge in [-0.25, -0.2) is 4.79 Å². The summed E-state index contributed by atoms with van der Waals surface area (Å²) >= 11 is 0. The van der Waals surface area contributed by atoms with Crippen LogP contribution >= 0.6 is 0 Å². The maximum atomic E-state index is 11.3. The van der Waals surface area contributed by atoms with E-state index in [1.807, 2.05) is 6.08 Å². The van der Waals surface area contributed by atoms with Crippen LogP contribution in [0.2, 0.25) is 0 Å². The monoisotopic (exact) mass is 178 g/mol. The summed E-state index contributed by atoms with van der Waals surface area (Å²) in [6, 6.07) is 0. The van der Waals surface area contributed by atoms with Gasteiger partial charge in [0.1, 0.15) is 5.60 Å². The lowest BCUT2D eigenvalue weighted by molar-refractivity contribution is -0.149. The fraction of sp³-hybridized carbons (Fsp3) is 0.545. The highest BCUT2D eigenvalue weighted by Crippen LogP contribution is 2.45. The van der Waals surface area contributed by atoms with Crippen LogP contribution in [0.3, 0.4) is 0 Å². The summed E-state index contributed by atoms with van der Waals surface area (Å²) in [4.78, 5) is 11.3. The molecule has 2 aliphatic rings. The van der Waals surface area contributed by atoms with Crippen molar-refractivity contribution in [3.05, 3.63) is 24.3 Å². The quantitative estimate of drug-likeness (QED) is 0.368. The molecule has 0 N–H and O–H groups in total. The molecular weight excluding hydrogens is 164 g/mol. The second-order valence-electron chi connectivity index (χ2n) is 4.10. The third-order valence-electron chi connectivity index (χ3n) is 2.86. The third-order valence-corrected chi connectivity index (χ3v) is 2.86. The number of allylic oxidation sites excluding steroid dienone is 1. The first-order valence-electron chi connectivity index (χ1n) is 4.69. The largest absolute Gasteiger partial charge is 0.451 e. The molecule has 0 heterocycles. The lowest BCUT2D eigenvalue weighted by Gasteiger charge is -2.23. The van der Waals surface area contributed by atoms with Crippen molar-refractivity contribution in [1.29, 1.82) is 0 Å². The van der Waals surface area contributed by atoms with Crippen molar-refractivity contribution in [1.82, 2.24) is 0 Å². The van der Waals surface area contributed by atoms with E-state index in [-0.39, 0.29) is 11.6 Å². The average molecular weight is 178 g/mol. The van der Waals surface area contributed by atoms with Crippen LogP contribution in [0.4, 0.5) is 0 Å². The van der Waals surface area contributed by atoms with Crippen LogP contribution in [-0.4, -0.2) is 11.6 Å². The van der Waals surface area contributed by atoms with Crippen LogP contribution in [0, 0.1) is 5.92 Å². The van der Waals surface area contributed by atoms with E-state index in [9.17, 15) is 4.79 Å². The number of esters is 1. The maximum absolute atomic E-state index is 11.3. The van der Waals surface area contributed by atoms with Crippen molar-refractivity contribution < 1.29 is 9.53 Å². The van der Waals surface area contributed by atoms with Crippen LogP contribution in [-0.2, 0) is 9.53 Å². The van der Waals surface area contributed by atoms with Crippen molar-refractivity contribution in [3.63, 3.8) is 0 Å².